The van der Waals surface area contributed by atoms with Gasteiger partial charge in [-0.1, -0.05) is 15.9 Å². The molecule has 0 aliphatic rings. The Kier molecular flexibility index (Phi) is 4.97. The third-order valence-electron chi connectivity index (χ3n) is 1.90. The summed E-state index contributed by atoms with van der Waals surface area (Å²) in [6, 6.07) is 0.620. The molecule has 0 aliphatic carbocycles. The Bertz CT molecular complexity index is 593. The summed E-state index contributed by atoms with van der Waals surface area (Å²) in [4.78, 5) is 6.71. The van der Waals surface area contributed by atoms with Crippen LogP contribution in [-0.2, 0) is 6.18 Å². The van der Waals surface area contributed by atoms with Crippen molar-refractivity contribution in [3.63, 3.8) is 0 Å². The molecule has 0 aromatic heterocycles. The lowest BCUT2D eigenvalue weighted by molar-refractivity contribution is -0.138. The molecule has 0 atom stereocenters. The van der Waals surface area contributed by atoms with Crippen LogP contribution < -0.4 is 17.2 Å². The van der Waals surface area contributed by atoms with Crippen LogP contribution in [0.4, 0.5) is 23.2 Å². The SMILES string of the molecule is NC(N)=NC(N)=Nc1c(F)cc(Br)c(C(F)(F)F)c1Br. The van der Waals surface area contributed by atoms with E-state index >= 15 is 0 Å². The second-order valence-electron chi connectivity index (χ2n) is 3.38. The Morgan fingerprint density at radius 3 is 2.15 bits per heavy atom. The van der Waals surface area contributed by atoms with E-state index in [1.54, 1.807) is 0 Å². The predicted octanol–water partition coefficient (Wildman–Crippen LogP) is 2.59. The van der Waals surface area contributed by atoms with Gasteiger partial charge >= 0.3 is 6.18 Å². The third kappa shape index (κ3) is 3.82. The first-order valence-electron chi connectivity index (χ1n) is 4.72. The molecule has 0 fully saturated rings. The molecular weight excluding hydrogens is 414 g/mol. The summed E-state index contributed by atoms with van der Waals surface area (Å²) >= 11 is 5.29. The summed E-state index contributed by atoms with van der Waals surface area (Å²) in [7, 11) is 0. The van der Waals surface area contributed by atoms with E-state index < -0.39 is 44.1 Å². The summed E-state index contributed by atoms with van der Waals surface area (Å²) in [6.07, 6.45) is -4.72. The molecule has 0 amide bonds. The minimum atomic E-state index is -4.72. The minimum Gasteiger partial charge on any atom is -0.370 e. The number of halogens is 6. The number of benzene rings is 1. The molecule has 0 saturated heterocycles. The van der Waals surface area contributed by atoms with E-state index in [2.05, 4.69) is 41.8 Å². The number of guanidine groups is 2. The number of nitrogens with two attached hydrogens (primary N) is 3. The third-order valence-corrected chi connectivity index (χ3v) is 3.30. The van der Waals surface area contributed by atoms with Crippen molar-refractivity contribution >= 4 is 49.5 Å². The first-order valence-corrected chi connectivity index (χ1v) is 6.31. The van der Waals surface area contributed by atoms with Gasteiger partial charge in [0, 0.05) is 4.47 Å². The topological polar surface area (TPSA) is 103 Å². The molecule has 0 heterocycles. The fourth-order valence-electron chi connectivity index (χ4n) is 1.21. The Labute approximate surface area is 127 Å². The van der Waals surface area contributed by atoms with Gasteiger partial charge in [-0.3, -0.25) is 0 Å². The number of nitrogens with zero attached hydrogens (tertiary/aromatic N) is 2. The average Bonchev–Trinajstić information content (AvgIpc) is 2.20. The minimum absolute atomic E-state index is 0.462. The maximum atomic E-state index is 13.7. The van der Waals surface area contributed by atoms with Gasteiger partial charge in [-0.05, 0) is 22.0 Å². The zero-order chi connectivity index (χ0) is 15.7. The van der Waals surface area contributed by atoms with Crippen LogP contribution in [0.3, 0.4) is 0 Å². The Morgan fingerprint density at radius 2 is 1.70 bits per heavy atom. The number of hydrogen-bond donors (Lipinski definition) is 3. The lowest BCUT2D eigenvalue weighted by Gasteiger charge is -2.13. The quantitative estimate of drug-likeness (QED) is 0.369. The molecule has 0 spiro atoms. The van der Waals surface area contributed by atoms with E-state index in [0.717, 1.165) is 0 Å². The van der Waals surface area contributed by atoms with Crippen LogP contribution >= 0.6 is 31.9 Å². The highest BCUT2D eigenvalue weighted by Gasteiger charge is 2.37. The molecule has 5 nitrogen and oxygen atoms in total. The van der Waals surface area contributed by atoms with E-state index in [4.69, 9.17) is 17.2 Å². The van der Waals surface area contributed by atoms with Gasteiger partial charge in [-0.15, -0.1) is 0 Å². The van der Waals surface area contributed by atoms with Crippen molar-refractivity contribution in [1.82, 2.24) is 0 Å². The molecule has 1 rings (SSSR count). The van der Waals surface area contributed by atoms with Gasteiger partial charge in [0.2, 0.25) is 5.96 Å². The van der Waals surface area contributed by atoms with Gasteiger partial charge in [0.05, 0.1) is 10.0 Å². The Balaban J connectivity index is 3.54. The predicted molar refractivity (Wildman–Crippen MR) is 73.9 cm³/mol. The maximum absolute atomic E-state index is 13.7. The maximum Gasteiger partial charge on any atom is 0.418 e. The number of aliphatic imine (C=N–C) groups is 2. The fraction of sp³-hybridized carbons (Fsp3) is 0.111. The molecule has 6 N–H and O–H groups in total. The van der Waals surface area contributed by atoms with Gasteiger partial charge in [0.25, 0.3) is 0 Å². The highest BCUT2D eigenvalue weighted by atomic mass is 79.9. The molecule has 0 radical (unpaired) electrons. The summed E-state index contributed by atoms with van der Waals surface area (Å²) in [5.41, 5.74) is 13.5. The van der Waals surface area contributed by atoms with Crippen LogP contribution in [0.2, 0.25) is 0 Å². The smallest absolute Gasteiger partial charge is 0.370 e. The van der Waals surface area contributed by atoms with Crippen molar-refractivity contribution in [2.45, 2.75) is 6.18 Å². The van der Waals surface area contributed by atoms with E-state index in [1.165, 1.54) is 0 Å². The van der Waals surface area contributed by atoms with E-state index in [-0.39, 0.29) is 0 Å². The average molecular weight is 421 g/mol. The van der Waals surface area contributed by atoms with Crippen molar-refractivity contribution < 1.29 is 17.6 Å². The van der Waals surface area contributed by atoms with Crippen molar-refractivity contribution in [1.29, 1.82) is 0 Å². The molecule has 11 heteroatoms. The molecule has 0 aliphatic heterocycles. The Morgan fingerprint density at radius 1 is 1.15 bits per heavy atom. The number of rotatable bonds is 1. The largest absolute Gasteiger partial charge is 0.418 e. The van der Waals surface area contributed by atoms with E-state index in [9.17, 15) is 17.6 Å². The van der Waals surface area contributed by atoms with Crippen molar-refractivity contribution in [3.05, 3.63) is 26.4 Å². The molecule has 0 bridgehead atoms. The molecule has 1 aromatic carbocycles. The van der Waals surface area contributed by atoms with E-state index in [0.29, 0.717) is 6.07 Å². The fourth-order valence-corrected chi connectivity index (χ4v) is 2.82. The van der Waals surface area contributed by atoms with Gasteiger partial charge < -0.3 is 17.2 Å². The zero-order valence-corrected chi connectivity index (χ0v) is 12.6. The van der Waals surface area contributed by atoms with Crippen LogP contribution in [0.1, 0.15) is 5.56 Å². The molecular formula is C9H7Br2F4N5. The van der Waals surface area contributed by atoms with E-state index in [1.807, 2.05) is 0 Å². The summed E-state index contributed by atoms with van der Waals surface area (Å²) in [5.74, 6) is -2.08. The zero-order valence-electron chi connectivity index (χ0n) is 9.47. The van der Waals surface area contributed by atoms with Crippen LogP contribution in [0.15, 0.2) is 25.0 Å². The lowest BCUT2D eigenvalue weighted by Crippen LogP contribution is -2.26. The summed E-state index contributed by atoms with van der Waals surface area (Å²) in [6.45, 7) is 0. The summed E-state index contributed by atoms with van der Waals surface area (Å²) in [5, 5.41) is 0. The highest BCUT2D eigenvalue weighted by Crippen LogP contribution is 2.45. The molecule has 0 saturated carbocycles. The van der Waals surface area contributed by atoms with Gasteiger partial charge in [0.1, 0.15) is 5.69 Å². The van der Waals surface area contributed by atoms with Crippen molar-refractivity contribution in [2.24, 2.45) is 27.2 Å². The lowest BCUT2D eigenvalue weighted by atomic mass is 10.2. The number of alkyl halides is 3. The molecule has 20 heavy (non-hydrogen) atoms. The second-order valence-corrected chi connectivity index (χ2v) is 5.03. The monoisotopic (exact) mass is 419 g/mol. The van der Waals surface area contributed by atoms with Crippen LogP contribution in [0, 0.1) is 5.82 Å². The van der Waals surface area contributed by atoms with Gasteiger partial charge in [0.15, 0.2) is 11.8 Å². The highest BCUT2D eigenvalue weighted by molar-refractivity contribution is 9.11. The second kappa shape index (κ2) is 5.95. The van der Waals surface area contributed by atoms with Crippen LogP contribution in [0.5, 0.6) is 0 Å². The first kappa shape index (κ1) is 16.7. The van der Waals surface area contributed by atoms with Crippen LogP contribution in [-0.4, -0.2) is 11.9 Å². The normalized spacial score (nSPS) is 12.4. The van der Waals surface area contributed by atoms with Crippen molar-refractivity contribution in [2.75, 3.05) is 0 Å². The first-order chi connectivity index (χ1) is 9.04. The number of hydrogen-bond acceptors (Lipinski definition) is 1. The molecule has 110 valence electrons. The molecule has 1 aromatic rings. The molecule has 0 unspecified atom stereocenters. The van der Waals surface area contributed by atoms with Gasteiger partial charge in [-0.2, -0.15) is 18.2 Å². The van der Waals surface area contributed by atoms with Gasteiger partial charge in [-0.25, -0.2) is 9.38 Å². The van der Waals surface area contributed by atoms with Crippen molar-refractivity contribution in [3.8, 4) is 0 Å². The standard InChI is InChI=1S/C9H7Br2F4N5/c10-2-1-3(12)6(19-8(18)20-7(16)17)5(11)4(2)9(13,14)15/h1H,(H6,16,17,18,19,20). The Hall–Kier alpha value is -1.36. The van der Waals surface area contributed by atoms with Crippen LogP contribution in [0.25, 0.3) is 0 Å². The summed E-state index contributed by atoms with van der Waals surface area (Å²) < 4.78 is 51.1.